The molecule has 0 saturated heterocycles. The molecule has 164 valence electrons. The molecule has 0 aliphatic carbocycles. The van der Waals surface area contributed by atoms with Gasteiger partial charge in [0, 0.05) is 5.57 Å². The van der Waals surface area contributed by atoms with Crippen molar-refractivity contribution in [2.24, 2.45) is 0 Å². The third kappa shape index (κ3) is 16.9. The first-order valence-corrected chi connectivity index (χ1v) is 12.3. The predicted octanol–water partition coefficient (Wildman–Crippen LogP) is 0.661. The highest BCUT2D eigenvalue weighted by atomic mass is 31.2. The predicted molar refractivity (Wildman–Crippen MR) is 106 cm³/mol. The van der Waals surface area contributed by atoms with E-state index < -0.39 is 33.3 Å². The standard InChI is InChI=1S/C15H30N2O9P2/c1-13(2)14(18)25-10-7-16-15(19)26-9-6-4-5-8-17(11-27(3,20)21)12-28(22,23)24/h20-21H,1,3-12H2,2H3,(H,16,19)(H2,22,23,24). The third-order valence-electron chi connectivity index (χ3n) is 3.12. The summed E-state index contributed by atoms with van der Waals surface area (Å²) < 4.78 is 20.8. The molecule has 0 radical (unpaired) electrons. The van der Waals surface area contributed by atoms with Crippen molar-refractivity contribution in [1.29, 1.82) is 0 Å². The Balaban J connectivity index is 3.91. The first-order chi connectivity index (χ1) is 12.8. The maximum absolute atomic E-state index is 11.4. The summed E-state index contributed by atoms with van der Waals surface area (Å²) in [5.41, 5.74) is 0.266. The first-order valence-electron chi connectivity index (χ1n) is 8.48. The Hall–Kier alpha value is -1.19. The van der Waals surface area contributed by atoms with Gasteiger partial charge in [0.05, 0.1) is 19.4 Å². The van der Waals surface area contributed by atoms with Crippen molar-refractivity contribution in [1.82, 2.24) is 10.2 Å². The van der Waals surface area contributed by atoms with Gasteiger partial charge in [-0.05, 0) is 32.7 Å². The highest BCUT2D eigenvalue weighted by Crippen LogP contribution is 2.40. The zero-order chi connectivity index (χ0) is 21.8. The molecule has 11 nitrogen and oxygen atoms in total. The van der Waals surface area contributed by atoms with Gasteiger partial charge < -0.3 is 34.4 Å². The lowest BCUT2D eigenvalue weighted by Gasteiger charge is -2.25. The first kappa shape index (κ1) is 26.8. The van der Waals surface area contributed by atoms with E-state index in [1.54, 1.807) is 0 Å². The van der Waals surface area contributed by atoms with Gasteiger partial charge in [0.2, 0.25) is 0 Å². The number of hydrogen-bond donors (Lipinski definition) is 5. The van der Waals surface area contributed by atoms with Gasteiger partial charge in [0.15, 0.2) is 0 Å². The molecule has 0 aromatic carbocycles. The minimum Gasteiger partial charge on any atom is -0.460 e. The van der Waals surface area contributed by atoms with Crippen LogP contribution < -0.4 is 5.32 Å². The van der Waals surface area contributed by atoms with Gasteiger partial charge in [-0.15, -0.1) is 0 Å². The van der Waals surface area contributed by atoms with Crippen LogP contribution in [0.5, 0.6) is 0 Å². The number of esters is 1. The van der Waals surface area contributed by atoms with Gasteiger partial charge in [-0.25, -0.2) is 9.59 Å². The molecule has 0 spiro atoms. The monoisotopic (exact) mass is 444 g/mol. The van der Waals surface area contributed by atoms with Gasteiger partial charge in [-0.1, -0.05) is 12.9 Å². The van der Waals surface area contributed by atoms with Crippen molar-refractivity contribution in [3.05, 3.63) is 12.2 Å². The van der Waals surface area contributed by atoms with E-state index in [4.69, 9.17) is 19.3 Å². The smallest absolute Gasteiger partial charge is 0.407 e. The lowest BCUT2D eigenvalue weighted by Crippen LogP contribution is -2.29. The average Bonchev–Trinajstić information content (AvgIpc) is 2.51. The summed E-state index contributed by atoms with van der Waals surface area (Å²) in [6.07, 6.45) is 3.30. The highest BCUT2D eigenvalue weighted by molar-refractivity contribution is 7.62. The molecule has 0 aliphatic rings. The molecule has 0 atom stereocenters. The fraction of sp³-hybridized carbons (Fsp3) is 0.667. The highest BCUT2D eigenvalue weighted by Gasteiger charge is 2.22. The summed E-state index contributed by atoms with van der Waals surface area (Å²) >= 11 is 0. The number of carbonyl (C=O) groups is 2. The number of nitrogens with zero attached hydrogens (tertiary/aromatic N) is 1. The van der Waals surface area contributed by atoms with Crippen molar-refractivity contribution < 1.29 is 43.2 Å². The van der Waals surface area contributed by atoms with Gasteiger partial charge in [0.25, 0.3) is 0 Å². The molecule has 0 aromatic rings. The quantitative estimate of drug-likeness (QED) is 0.111. The van der Waals surface area contributed by atoms with Crippen molar-refractivity contribution in [3.8, 4) is 0 Å². The Labute approximate surface area is 164 Å². The molecule has 5 N–H and O–H groups in total. The van der Waals surface area contributed by atoms with E-state index in [9.17, 15) is 23.9 Å². The normalized spacial score (nSPS) is 11.9. The molecular formula is C15H30N2O9P2. The molecule has 0 aliphatic heterocycles. The summed E-state index contributed by atoms with van der Waals surface area (Å²) in [5, 5.41) is 2.42. The van der Waals surface area contributed by atoms with Gasteiger partial charge in [0.1, 0.15) is 20.2 Å². The van der Waals surface area contributed by atoms with E-state index in [1.807, 2.05) is 0 Å². The van der Waals surface area contributed by atoms with Crippen LogP contribution in [0.2, 0.25) is 0 Å². The number of carbonyl (C=O) groups excluding carboxylic acids is 2. The number of alkyl carbamates (subject to hydrolysis) is 1. The summed E-state index contributed by atoms with van der Waals surface area (Å²) in [6.45, 7) is 5.43. The van der Waals surface area contributed by atoms with Crippen LogP contribution in [0.1, 0.15) is 26.2 Å². The average molecular weight is 444 g/mol. The van der Waals surface area contributed by atoms with Crippen LogP contribution in [-0.2, 0) is 18.8 Å². The van der Waals surface area contributed by atoms with Crippen molar-refractivity contribution >= 4 is 33.3 Å². The zero-order valence-corrected chi connectivity index (χ0v) is 17.7. The summed E-state index contributed by atoms with van der Waals surface area (Å²) in [5.74, 6) is -0.538. The minimum atomic E-state index is -4.33. The lowest BCUT2D eigenvalue weighted by molar-refractivity contribution is -0.138. The van der Waals surface area contributed by atoms with Gasteiger partial charge in [-0.3, -0.25) is 9.46 Å². The van der Waals surface area contributed by atoms with E-state index >= 15 is 0 Å². The van der Waals surface area contributed by atoms with Crippen molar-refractivity contribution in [3.63, 3.8) is 0 Å². The fourth-order valence-corrected chi connectivity index (χ4v) is 3.82. The molecule has 13 heteroatoms. The number of amides is 1. The van der Waals surface area contributed by atoms with Crippen LogP contribution in [0.15, 0.2) is 12.2 Å². The van der Waals surface area contributed by atoms with E-state index in [0.717, 1.165) is 0 Å². The molecule has 28 heavy (non-hydrogen) atoms. The third-order valence-corrected chi connectivity index (χ3v) is 4.74. The van der Waals surface area contributed by atoms with E-state index in [-0.39, 0.29) is 38.2 Å². The van der Waals surface area contributed by atoms with Crippen molar-refractivity contribution in [2.75, 3.05) is 38.9 Å². The van der Waals surface area contributed by atoms with Crippen LogP contribution in [-0.4, -0.2) is 81.7 Å². The summed E-state index contributed by atoms with van der Waals surface area (Å²) in [4.78, 5) is 60.7. The van der Waals surface area contributed by atoms with Crippen molar-refractivity contribution in [2.45, 2.75) is 26.2 Å². The SMILES string of the molecule is C=C(C)C(=O)OCCNC(=O)OCCCCCN(CP(=C)(O)O)CP(=O)(O)O. The van der Waals surface area contributed by atoms with Gasteiger partial charge in [-0.2, -0.15) is 0 Å². The number of nitrogens with one attached hydrogen (secondary N) is 1. The molecule has 0 unspecified atom stereocenters. The number of rotatable bonds is 14. The van der Waals surface area contributed by atoms with Crippen LogP contribution in [0.25, 0.3) is 0 Å². The maximum atomic E-state index is 11.4. The minimum absolute atomic E-state index is 0.00232. The zero-order valence-electron chi connectivity index (χ0n) is 15.9. The Morgan fingerprint density at radius 1 is 1.04 bits per heavy atom. The largest absolute Gasteiger partial charge is 0.460 e. The van der Waals surface area contributed by atoms with Crippen LogP contribution in [0.3, 0.4) is 0 Å². The van der Waals surface area contributed by atoms with E-state index in [1.165, 1.54) is 11.8 Å². The lowest BCUT2D eigenvalue weighted by atomic mass is 10.2. The molecule has 0 rings (SSSR count). The molecule has 0 bridgehead atoms. The van der Waals surface area contributed by atoms with Crippen LogP contribution in [0.4, 0.5) is 4.79 Å². The number of unbranched alkanes of at least 4 members (excludes halogenated alkanes) is 2. The molecule has 0 heterocycles. The summed E-state index contributed by atoms with van der Waals surface area (Å²) in [6, 6.07) is 0. The molecular weight excluding hydrogens is 414 g/mol. The Kier molecular flexibility index (Phi) is 12.6. The number of ether oxygens (including phenoxy) is 2. The second kappa shape index (κ2) is 13.1. The number of hydrogen-bond acceptors (Lipinski definition) is 8. The maximum Gasteiger partial charge on any atom is 0.407 e. The van der Waals surface area contributed by atoms with Crippen LogP contribution >= 0.6 is 14.9 Å². The molecule has 1 amide bonds. The summed E-state index contributed by atoms with van der Waals surface area (Å²) in [7, 11) is -7.77. The Morgan fingerprint density at radius 2 is 1.68 bits per heavy atom. The van der Waals surface area contributed by atoms with E-state index in [2.05, 4.69) is 18.2 Å². The topological polar surface area (TPSA) is 166 Å². The van der Waals surface area contributed by atoms with E-state index in [0.29, 0.717) is 19.3 Å². The fourth-order valence-electron chi connectivity index (χ4n) is 2.02. The second-order valence-corrected chi connectivity index (χ2v) is 9.91. The van der Waals surface area contributed by atoms with Gasteiger partial charge >= 0.3 is 19.7 Å². The Morgan fingerprint density at radius 3 is 2.21 bits per heavy atom. The second-order valence-electron chi connectivity index (χ2n) is 6.26. The molecule has 0 saturated carbocycles. The van der Waals surface area contributed by atoms with Crippen LogP contribution in [0, 0.1) is 0 Å². The Bertz CT molecular complexity index is 591. The molecule has 0 fully saturated rings. The molecule has 0 aromatic heterocycles.